The normalized spacial score (nSPS) is 16.7. The highest BCUT2D eigenvalue weighted by molar-refractivity contribution is 5.80. The summed E-state index contributed by atoms with van der Waals surface area (Å²) in [5, 5.41) is 3.54. The zero-order valence-corrected chi connectivity index (χ0v) is 18.9. The van der Waals surface area contributed by atoms with Crippen LogP contribution >= 0.6 is 0 Å². The number of ether oxygens (including phenoxy) is 2. The second-order valence-corrected chi connectivity index (χ2v) is 8.12. The van der Waals surface area contributed by atoms with Crippen LogP contribution < -0.4 is 19.7 Å². The third kappa shape index (κ3) is 4.86. The van der Waals surface area contributed by atoms with Gasteiger partial charge < -0.3 is 24.6 Å². The van der Waals surface area contributed by atoms with Crippen LogP contribution in [0.3, 0.4) is 0 Å². The first-order valence-corrected chi connectivity index (χ1v) is 11.1. The number of methoxy groups -OCH3 is 2. The van der Waals surface area contributed by atoms with Crippen LogP contribution in [0.4, 0.5) is 5.82 Å². The minimum atomic E-state index is 0.728. The number of guanidine groups is 1. The number of anilines is 1. The molecular weight excluding hydrogens is 390 g/mol. The number of benzene rings is 1. The van der Waals surface area contributed by atoms with Crippen LogP contribution in [-0.2, 0) is 19.5 Å². The van der Waals surface area contributed by atoms with Crippen LogP contribution in [0.5, 0.6) is 11.5 Å². The van der Waals surface area contributed by atoms with Crippen molar-refractivity contribution < 1.29 is 9.47 Å². The van der Waals surface area contributed by atoms with Crippen LogP contribution in [0.1, 0.15) is 36.0 Å². The molecule has 1 fully saturated rings. The molecule has 1 N–H and O–H groups in total. The Morgan fingerprint density at radius 2 is 1.77 bits per heavy atom. The van der Waals surface area contributed by atoms with E-state index in [9.17, 15) is 0 Å². The molecule has 2 aliphatic rings. The van der Waals surface area contributed by atoms with E-state index in [1.165, 1.54) is 36.0 Å². The molecule has 0 atom stereocenters. The van der Waals surface area contributed by atoms with Crippen LogP contribution in [0.15, 0.2) is 35.5 Å². The highest BCUT2D eigenvalue weighted by Gasteiger charge is 2.22. The van der Waals surface area contributed by atoms with E-state index in [0.717, 1.165) is 62.4 Å². The monoisotopic (exact) mass is 423 g/mol. The fourth-order valence-electron chi connectivity index (χ4n) is 4.44. The Morgan fingerprint density at radius 1 is 1.03 bits per heavy atom. The van der Waals surface area contributed by atoms with Crippen molar-refractivity contribution in [2.75, 3.05) is 45.8 Å². The molecule has 0 unspecified atom stereocenters. The summed E-state index contributed by atoms with van der Waals surface area (Å²) in [7, 11) is 5.21. The molecule has 1 aromatic carbocycles. The van der Waals surface area contributed by atoms with Crippen molar-refractivity contribution >= 4 is 11.8 Å². The van der Waals surface area contributed by atoms with Gasteiger partial charge in [0.05, 0.1) is 14.2 Å². The molecule has 1 saturated heterocycles. The minimum absolute atomic E-state index is 0.728. The van der Waals surface area contributed by atoms with Gasteiger partial charge in [0, 0.05) is 46.0 Å². The summed E-state index contributed by atoms with van der Waals surface area (Å²) >= 11 is 0. The third-order valence-corrected chi connectivity index (χ3v) is 6.17. The number of aromatic nitrogens is 1. The lowest BCUT2D eigenvalue weighted by Gasteiger charge is -2.32. The summed E-state index contributed by atoms with van der Waals surface area (Å²) in [5.41, 5.74) is 3.79. The van der Waals surface area contributed by atoms with E-state index < -0.39 is 0 Å². The number of hydrogen-bond donors (Lipinski definition) is 1. The van der Waals surface area contributed by atoms with Gasteiger partial charge in [0.25, 0.3) is 0 Å². The van der Waals surface area contributed by atoms with E-state index in [0.29, 0.717) is 0 Å². The molecule has 0 radical (unpaired) electrons. The highest BCUT2D eigenvalue weighted by Crippen LogP contribution is 2.33. The van der Waals surface area contributed by atoms with E-state index in [1.807, 2.05) is 13.2 Å². The predicted molar refractivity (Wildman–Crippen MR) is 124 cm³/mol. The van der Waals surface area contributed by atoms with Crippen molar-refractivity contribution in [2.24, 2.45) is 4.99 Å². The van der Waals surface area contributed by atoms with Gasteiger partial charge in [-0.05, 0) is 66.6 Å². The number of nitrogens with one attached hydrogen (secondary N) is 1. The quantitative estimate of drug-likeness (QED) is 0.589. The molecule has 4 rings (SSSR count). The minimum Gasteiger partial charge on any atom is -0.493 e. The topological polar surface area (TPSA) is 62.2 Å². The Hall–Kier alpha value is -2.96. The van der Waals surface area contributed by atoms with Gasteiger partial charge in [-0.3, -0.25) is 4.99 Å². The summed E-state index contributed by atoms with van der Waals surface area (Å²) in [6, 6.07) is 8.47. The molecule has 0 bridgehead atoms. The molecule has 2 aromatic rings. The predicted octanol–water partition coefficient (Wildman–Crippen LogP) is 3.22. The third-order valence-electron chi connectivity index (χ3n) is 6.17. The Morgan fingerprint density at radius 3 is 2.48 bits per heavy atom. The Bertz CT molecular complexity index is 924. The van der Waals surface area contributed by atoms with Crippen LogP contribution in [0, 0.1) is 0 Å². The maximum absolute atomic E-state index is 5.49. The van der Waals surface area contributed by atoms with Gasteiger partial charge in [0.1, 0.15) is 5.82 Å². The van der Waals surface area contributed by atoms with Gasteiger partial charge >= 0.3 is 0 Å². The molecule has 3 heterocycles. The van der Waals surface area contributed by atoms with Gasteiger partial charge in [-0.25, -0.2) is 4.98 Å². The first-order chi connectivity index (χ1) is 15.2. The summed E-state index contributed by atoms with van der Waals surface area (Å²) in [5.74, 6) is 3.56. The Kier molecular flexibility index (Phi) is 6.79. The number of rotatable bonds is 5. The van der Waals surface area contributed by atoms with Gasteiger partial charge in [0.2, 0.25) is 0 Å². The van der Waals surface area contributed by atoms with Gasteiger partial charge in [-0.1, -0.05) is 0 Å². The van der Waals surface area contributed by atoms with E-state index in [4.69, 9.17) is 9.47 Å². The standard InChI is InChI=1S/C24H33N5O2/c1-25-24(27-16-18-7-9-26-23(13-18)28-10-5-4-6-11-28)29-12-8-19-14-21(30-2)22(31-3)15-20(19)17-29/h7,9,13-15H,4-6,8,10-12,16-17H2,1-3H3,(H,25,27). The maximum Gasteiger partial charge on any atom is 0.194 e. The molecule has 0 aliphatic carbocycles. The summed E-state index contributed by atoms with van der Waals surface area (Å²) in [6.07, 6.45) is 6.70. The van der Waals surface area contributed by atoms with E-state index in [1.54, 1.807) is 14.2 Å². The zero-order valence-electron chi connectivity index (χ0n) is 18.9. The summed E-state index contributed by atoms with van der Waals surface area (Å²) in [6.45, 7) is 4.65. The average Bonchev–Trinajstić information content (AvgIpc) is 2.84. The fraction of sp³-hybridized carbons (Fsp3) is 0.500. The average molecular weight is 424 g/mol. The maximum atomic E-state index is 5.49. The molecule has 0 amide bonds. The second-order valence-electron chi connectivity index (χ2n) is 8.12. The van der Waals surface area contributed by atoms with Crippen molar-refractivity contribution in [3.63, 3.8) is 0 Å². The van der Waals surface area contributed by atoms with Crippen LogP contribution in [-0.4, -0.2) is 56.7 Å². The number of nitrogens with zero attached hydrogens (tertiary/aromatic N) is 4. The molecule has 0 saturated carbocycles. The van der Waals surface area contributed by atoms with E-state index in [-0.39, 0.29) is 0 Å². The lowest BCUT2D eigenvalue weighted by Crippen LogP contribution is -2.43. The summed E-state index contributed by atoms with van der Waals surface area (Å²) < 4.78 is 10.9. The van der Waals surface area contributed by atoms with Gasteiger partial charge in [-0.15, -0.1) is 0 Å². The van der Waals surface area contributed by atoms with Crippen molar-refractivity contribution in [1.82, 2.24) is 15.2 Å². The molecule has 166 valence electrons. The van der Waals surface area contributed by atoms with Crippen molar-refractivity contribution in [2.45, 2.75) is 38.8 Å². The van der Waals surface area contributed by atoms with Gasteiger partial charge in [-0.2, -0.15) is 0 Å². The fourth-order valence-corrected chi connectivity index (χ4v) is 4.44. The number of aliphatic imine (C=N–C) groups is 1. The molecule has 7 heteroatoms. The second kappa shape index (κ2) is 9.90. The molecule has 0 spiro atoms. The molecule has 7 nitrogen and oxygen atoms in total. The molecule has 31 heavy (non-hydrogen) atoms. The van der Waals surface area contributed by atoms with Crippen LogP contribution in [0.25, 0.3) is 0 Å². The number of hydrogen-bond acceptors (Lipinski definition) is 5. The number of pyridine rings is 1. The Labute approximate surface area is 185 Å². The van der Waals surface area contributed by atoms with Crippen LogP contribution in [0.2, 0.25) is 0 Å². The molecular formula is C24H33N5O2. The first-order valence-electron chi connectivity index (χ1n) is 11.1. The van der Waals surface area contributed by atoms with Crippen molar-refractivity contribution in [3.8, 4) is 11.5 Å². The zero-order chi connectivity index (χ0) is 21.6. The smallest absolute Gasteiger partial charge is 0.194 e. The van der Waals surface area contributed by atoms with Crippen molar-refractivity contribution in [3.05, 3.63) is 47.2 Å². The highest BCUT2D eigenvalue weighted by atomic mass is 16.5. The lowest BCUT2D eigenvalue weighted by molar-refractivity contribution is 0.346. The SMILES string of the molecule is CN=C(NCc1ccnc(N2CCCCC2)c1)N1CCc2cc(OC)c(OC)cc2C1. The van der Waals surface area contributed by atoms with Crippen molar-refractivity contribution in [1.29, 1.82) is 0 Å². The number of piperidine rings is 1. The van der Waals surface area contributed by atoms with E-state index >= 15 is 0 Å². The first kappa shape index (κ1) is 21.3. The molecule has 2 aliphatic heterocycles. The van der Waals surface area contributed by atoms with Gasteiger partial charge in [0.15, 0.2) is 17.5 Å². The largest absolute Gasteiger partial charge is 0.493 e. The van der Waals surface area contributed by atoms with E-state index in [2.05, 4.69) is 49.4 Å². The Balaban J connectivity index is 1.41. The number of fused-ring (bicyclic) bond motifs is 1. The lowest BCUT2D eigenvalue weighted by atomic mass is 9.99. The summed E-state index contributed by atoms with van der Waals surface area (Å²) in [4.78, 5) is 13.8. The molecule has 1 aromatic heterocycles.